The number of hydrogen-bond donors (Lipinski definition) is 1. The first-order valence-electron chi connectivity index (χ1n) is 6.46. The summed E-state index contributed by atoms with van der Waals surface area (Å²) in [6, 6.07) is 5.25. The molecule has 0 aliphatic carbocycles. The van der Waals surface area contributed by atoms with Crippen molar-refractivity contribution in [3.05, 3.63) is 28.2 Å². The molecule has 1 aromatic rings. The third kappa shape index (κ3) is 5.01. The number of benzene rings is 1. The Bertz CT molecular complexity index is 433. The number of halogens is 2. The fourth-order valence-electron chi connectivity index (χ4n) is 2.04. The number of amides is 1. The Labute approximate surface area is 124 Å². The van der Waals surface area contributed by atoms with E-state index in [-0.39, 0.29) is 11.9 Å². The lowest BCUT2D eigenvalue weighted by atomic mass is 10.2. The molecule has 0 aliphatic heterocycles. The molecule has 3 nitrogen and oxygen atoms in total. The fourth-order valence-corrected chi connectivity index (χ4v) is 2.49. The van der Waals surface area contributed by atoms with E-state index >= 15 is 0 Å². The lowest BCUT2D eigenvalue weighted by Crippen LogP contribution is -2.35. The molecule has 0 aromatic heterocycles. The van der Waals surface area contributed by atoms with Crippen molar-refractivity contribution >= 4 is 34.8 Å². The number of nitrogens with zero attached hydrogens (tertiary/aromatic N) is 1. The van der Waals surface area contributed by atoms with Crippen molar-refractivity contribution in [3.63, 3.8) is 0 Å². The van der Waals surface area contributed by atoms with Crippen LogP contribution in [0.5, 0.6) is 0 Å². The van der Waals surface area contributed by atoms with E-state index in [0.717, 1.165) is 13.1 Å². The van der Waals surface area contributed by atoms with Crippen LogP contribution in [0.3, 0.4) is 0 Å². The molecule has 1 N–H and O–H groups in total. The van der Waals surface area contributed by atoms with E-state index in [0.29, 0.717) is 22.2 Å². The zero-order valence-corrected chi connectivity index (χ0v) is 13.1. The molecule has 1 amide bonds. The van der Waals surface area contributed by atoms with E-state index in [1.54, 1.807) is 18.2 Å². The van der Waals surface area contributed by atoms with Gasteiger partial charge in [-0.25, -0.2) is 0 Å². The van der Waals surface area contributed by atoms with Crippen LogP contribution in [-0.4, -0.2) is 29.9 Å². The zero-order valence-electron chi connectivity index (χ0n) is 11.5. The van der Waals surface area contributed by atoms with E-state index in [1.165, 1.54) is 0 Å². The highest BCUT2D eigenvalue weighted by Gasteiger charge is 2.15. The molecule has 0 heterocycles. The van der Waals surface area contributed by atoms with Crippen molar-refractivity contribution in [2.45, 2.75) is 33.2 Å². The zero-order chi connectivity index (χ0) is 14.4. The van der Waals surface area contributed by atoms with E-state index in [9.17, 15) is 4.79 Å². The molecule has 106 valence electrons. The van der Waals surface area contributed by atoms with Gasteiger partial charge in [-0.2, -0.15) is 0 Å². The van der Waals surface area contributed by atoms with Crippen LogP contribution in [-0.2, 0) is 4.79 Å². The number of anilines is 1. The smallest absolute Gasteiger partial charge is 0.225 e. The summed E-state index contributed by atoms with van der Waals surface area (Å²) < 4.78 is 0. The fraction of sp³-hybridized carbons (Fsp3) is 0.500. The molecule has 1 atom stereocenters. The van der Waals surface area contributed by atoms with Crippen molar-refractivity contribution < 1.29 is 4.79 Å². The molecule has 1 rings (SSSR count). The number of carbonyl (C=O) groups is 1. The SMILES string of the molecule is CCN(CC)C(C)CC(=O)Nc1ccc(Cl)cc1Cl. The molecule has 1 aromatic carbocycles. The molecular weight excluding hydrogens is 283 g/mol. The van der Waals surface area contributed by atoms with E-state index in [4.69, 9.17) is 23.2 Å². The highest BCUT2D eigenvalue weighted by atomic mass is 35.5. The van der Waals surface area contributed by atoms with Crippen LogP contribution in [0.25, 0.3) is 0 Å². The molecule has 0 radical (unpaired) electrons. The Morgan fingerprint density at radius 1 is 1.32 bits per heavy atom. The molecule has 0 saturated carbocycles. The maximum absolute atomic E-state index is 12.0. The van der Waals surface area contributed by atoms with Gasteiger partial charge in [0.2, 0.25) is 5.91 Å². The Balaban J connectivity index is 2.60. The number of carbonyl (C=O) groups excluding carboxylic acids is 1. The summed E-state index contributed by atoms with van der Waals surface area (Å²) in [6.45, 7) is 8.11. The van der Waals surface area contributed by atoms with Gasteiger partial charge >= 0.3 is 0 Å². The number of rotatable bonds is 6. The van der Waals surface area contributed by atoms with Gasteiger partial charge in [-0.3, -0.25) is 4.79 Å². The predicted molar refractivity (Wildman–Crippen MR) is 82.1 cm³/mol. The van der Waals surface area contributed by atoms with Gasteiger partial charge in [0.25, 0.3) is 0 Å². The summed E-state index contributed by atoms with van der Waals surface area (Å²) in [5.74, 6) is -0.0383. The molecule has 5 heteroatoms. The van der Waals surface area contributed by atoms with Crippen molar-refractivity contribution in [1.82, 2.24) is 4.90 Å². The predicted octanol–water partition coefficient (Wildman–Crippen LogP) is 4.05. The van der Waals surface area contributed by atoms with Crippen molar-refractivity contribution in [1.29, 1.82) is 0 Å². The van der Waals surface area contributed by atoms with Crippen LogP contribution >= 0.6 is 23.2 Å². The third-order valence-electron chi connectivity index (χ3n) is 3.12. The minimum atomic E-state index is -0.0383. The highest BCUT2D eigenvalue weighted by molar-refractivity contribution is 6.36. The van der Waals surface area contributed by atoms with Crippen LogP contribution in [0.1, 0.15) is 27.2 Å². The molecule has 0 aliphatic rings. The highest BCUT2D eigenvalue weighted by Crippen LogP contribution is 2.25. The first-order chi connectivity index (χ1) is 8.97. The Morgan fingerprint density at radius 3 is 2.47 bits per heavy atom. The van der Waals surface area contributed by atoms with Gasteiger partial charge in [-0.1, -0.05) is 37.0 Å². The summed E-state index contributed by atoms with van der Waals surface area (Å²) in [5, 5.41) is 3.83. The maximum Gasteiger partial charge on any atom is 0.225 e. The van der Waals surface area contributed by atoms with Gasteiger partial charge in [0.15, 0.2) is 0 Å². The standard InChI is InChI=1S/C14H20Cl2N2O/c1-4-18(5-2)10(3)8-14(19)17-13-7-6-11(15)9-12(13)16/h6-7,9-10H,4-5,8H2,1-3H3,(H,17,19). The Hall–Kier alpha value is -0.770. The summed E-state index contributed by atoms with van der Waals surface area (Å²) in [5.41, 5.74) is 0.600. The molecule has 1 unspecified atom stereocenters. The second kappa shape index (κ2) is 7.73. The first-order valence-corrected chi connectivity index (χ1v) is 7.22. The number of hydrogen-bond acceptors (Lipinski definition) is 2. The topological polar surface area (TPSA) is 32.3 Å². The minimum Gasteiger partial charge on any atom is -0.325 e. The maximum atomic E-state index is 12.0. The Morgan fingerprint density at radius 2 is 1.95 bits per heavy atom. The van der Waals surface area contributed by atoms with E-state index < -0.39 is 0 Å². The molecule has 19 heavy (non-hydrogen) atoms. The van der Waals surface area contributed by atoms with Crippen LogP contribution in [0, 0.1) is 0 Å². The quantitative estimate of drug-likeness (QED) is 0.859. The second-order valence-electron chi connectivity index (χ2n) is 4.45. The average molecular weight is 303 g/mol. The van der Waals surface area contributed by atoms with Crippen LogP contribution < -0.4 is 5.32 Å². The third-order valence-corrected chi connectivity index (χ3v) is 3.67. The van der Waals surface area contributed by atoms with Crippen LogP contribution in [0.4, 0.5) is 5.69 Å². The van der Waals surface area contributed by atoms with E-state index in [1.807, 2.05) is 0 Å². The number of nitrogens with one attached hydrogen (secondary N) is 1. The molecule has 0 bridgehead atoms. The average Bonchev–Trinajstić information content (AvgIpc) is 2.34. The molecular formula is C14H20Cl2N2O. The van der Waals surface area contributed by atoms with Crippen LogP contribution in [0.15, 0.2) is 18.2 Å². The monoisotopic (exact) mass is 302 g/mol. The van der Waals surface area contributed by atoms with E-state index in [2.05, 4.69) is 31.0 Å². The summed E-state index contributed by atoms with van der Waals surface area (Å²) >= 11 is 11.8. The first kappa shape index (κ1) is 16.3. The van der Waals surface area contributed by atoms with Crippen molar-refractivity contribution in [2.24, 2.45) is 0 Å². The lowest BCUT2D eigenvalue weighted by Gasteiger charge is -2.25. The van der Waals surface area contributed by atoms with Gasteiger partial charge in [0.05, 0.1) is 10.7 Å². The Kier molecular flexibility index (Phi) is 6.63. The molecule has 0 spiro atoms. The van der Waals surface area contributed by atoms with Gasteiger partial charge in [0, 0.05) is 17.5 Å². The normalized spacial score (nSPS) is 12.5. The summed E-state index contributed by atoms with van der Waals surface area (Å²) in [7, 11) is 0. The van der Waals surface area contributed by atoms with Crippen LogP contribution in [0.2, 0.25) is 10.0 Å². The van der Waals surface area contributed by atoms with Gasteiger partial charge in [-0.15, -0.1) is 0 Å². The lowest BCUT2D eigenvalue weighted by molar-refractivity contribution is -0.117. The van der Waals surface area contributed by atoms with Gasteiger partial charge in [0.1, 0.15) is 0 Å². The summed E-state index contributed by atoms with van der Waals surface area (Å²) in [6.07, 6.45) is 0.445. The molecule has 0 fully saturated rings. The van der Waals surface area contributed by atoms with Crippen molar-refractivity contribution in [3.8, 4) is 0 Å². The minimum absolute atomic E-state index is 0.0383. The summed E-state index contributed by atoms with van der Waals surface area (Å²) in [4.78, 5) is 14.2. The molecule has 0 saturated heterocycles. The largest absolute Gasteiger partial charge is 0.325 e. The second-order valence-corrected chi connectivity index (χ2v) is 5.29. The van der Waals surface area contributed by atoms with Crippen molar-refractivity contribution in [2.75, 3.05) is 18.4 Å². The van der Waals surface area contributed by atoms with Gasteiger partial charge < -0.3 is 10.2 Å². The van der Waals surface area contributed by atoms with Gasteiger partial charge in [-0.05, 0) is 38.2 Å².